The predicted octanol–water partition coefficient (Wildman–Crippen LogP) is 2.54. The Bertz CT molecular complexity index is 808. The maximum absolute atomic E-state index is 13.1. The zero-order valence-electron chi connectivity index (χ0n) is 17.1. The van der Waals surface area contributed by atoms with Crippen LogP contribution in [0.25, 0.3) is 0 Å². The molecule has 0 aromatic heterocycles. The SMILES string of the molecule is CN1CCN(C(=O)c2ccc(CN3CCN(c4ccc(F)cc4)CC3)cc2)CC1. The fourth-order valence-corrected chi connectivity index (χ4v) is 4.02. The van der Waals surface area contributed by atoms with Gasteiger partial charge in [-0.25, -0.2) is 4.39 Å². The highest BCUT2D eigenvalue weighted by Crippen LogP contribution is 2.18. The molecule has 2 fully saturated rings. The number of hydrogen-bond acceptors (Lipinski definition) is 4. The van der Waals surface area contributed by atoms with Gasteiger partial charge in [-0.3, -0.25) is 9.69 Å². The van der Waals surface area contributed by atoms with Gasteiger partial charge in [0, 0.05) is 70.2 Å². The zero-order chi connectivity index (χ0) is 20.2. The monoisotopic (exact) mass is 396 g/mol. The van der Waals surface area contributed by atoms with Gasteiger partial charge in [0.1, 0.15) is 5.82 Å². The van der Waals surface area contributed by atoms with Gasteiger partial charge in [-0.2, -0.15) is 0 Å². The largest absolute Gasteiger partial charge is 0.369 e. The Morgan fingerprint density at radius 1 is 0.828 bits per heavy atom. The molecule has 2 aromatic carbocycles. The molecule has 1 amide bonds. The molecule has 0 radical (unpaired) electrons. The molecule has 0 spiro atoms. The van der Waals surface area contributed by atoms with Gasteiger partial charge >= 0.3 is 0 Å². The summed E-state index contributed by atoms with van der Waals surface area (Å²) in [5.41, 5.74) is 3.09. The van der Waals surface area contributed by atoms with Crippen LogP contribution < -0.4 is 4.90 Å². The van der Waals surface area contributed by atoms with E-state index in [4.69, 9.17) is 0 Å². The molecule has 5 nitrogen and oxygen atoms in total. The van der Waals surface area contributed by atoms with E-state index in [2.05, 4.69) is 33.9 Å². The molecule has 0 aliphatic carbocycles. The van der Waals surface area contributed by atoms with Crippen LogP contribution in [0.1, 0.15) is 15.9 Å². The van der Waals surface area contributed by atoms with Crippen molar-refractivity contribution in [1.29, 1.82) is 0 Å². The lowest BCUT2D eigenvalue weighted by molar-refractivity contribution is 0.0664. The van der Waals surface area contributed by atoms with Crippen LogP contribution in [0.4, 0.5) is 10.1 Å². The Morgan fingerprint density at radius 3 is 2.07 bits per heavy atom. The van der Waals surface area contributed by atoms with Crippen LogP contribution in [0.2, 0.25) is 0 Å². The van der Waals surface area contributed by atoms with Crippen LogP contribution in [-0.2, 0) is 6.54 Å². The van der Waals surface area contributed by atoms with Crippen molar-refractivity contribution in [3.05, 3.63) is 65.5 Å². The molecule has 154 valence electrons. The third kappa shape index (κ3) is 4.95. The molecule has 2 heterocycles. The van der Waals surface area contributed by atoms with Gasteiger partial charge in [0.05, 0.1) is 0 Å². The number of rotatable bonds is 4. The van der Waals surface area contributed by atoms with Crippen LogP contribution in [0.15, 0.2) is 48.5 Å². The quantitative estimate of drug-likeness (QED) is 0.795. The van der Waals surface area contributed by atoms with Crippen molar-refractivity contribution in [1.82, 2.24) is 14.7 Å². The van der Waals surface area contributed by atoms with Crippen molar-refractivity contribution in [3.63, 3.8) is 0 Å². The molecule has 2 aliphatic rings. The second kappa shape index (κ2) is 8.93. The van der Waals surface area contributed by atoms with Crippen molar-refractivity contribution in [3.8, 4) is 0 Å². The standard InChI is InChI=1S/C23H29FN4O/c1-25-10-14-28(15-11-25)23(29)20-4-2-19(3-5-20)18-26-12-16-27(17-13-26)22-8-6-21(24)7-9-22/h2-9H,10-18H2,1H3. The Kier molecular flexibility index (Phi) is 6.11. The van der Waals surface area contributed by atoms with Gasteiger partial charge in [0.2, 0.25) is 0 Å². The predicted molar refractivity (Wildman–Crippen MR) is 114 cm³/mol. The first kappa shape index (κ1) is 19.9. The van der Waals surface area contributed by atoms with Gasteiger partial charge in [0.25, 0.3) is 5.91 Å². The summed E-state index contributed by atoms with van der Waals surface area (Å²) in [7, 11) is 2.09. The number of hydrogen-bond donors (Lipinski definition) is 0. The third-order valence-corrected chi connectivity index (χ3v) is 5.96. The van der Waals surface area contributed by atoms with Gasteiger partial charge in [0.15, 0.2) is 0 Å². The zero-order valence-corrected chi connectivity index (χ0v) is 17.1. The molecule has 4 rings (SSSR count). The van der Waals surface area contributed by atoms with E-state index >= 15 is 0 Å². The molecule has 2 aromatic rings. The number of carbonyl (C=O) groups is 1. The number of halogens is 1. The lowest BCUT2D eigenvalue weighted by Gasteiger charge is -2.36. The normalized spacial score (nSPS) is 18.8. The highest BCUT2D eigenvalue weighted by Gasteiger charge is 2.21. The van der Waals surface area contributed by atoms with Crippen molar-refractivity contribution in [2.24, 2.45) is 0 Å². The van der Waals surface area contributed by atoms with E-state index in [9.17, 15) is 9.18 Å². The van der Waals surface area contributed by atoms with Crippen molar-refractivity contribution >= 4 is 11.6 Å². The highest BCUT2D eigenvalue weighted by molar-refractivity contribution is 5.94. The number of benzene rings is 2. The molecule has 0 N–H and O–H groups in total. The fourth-order valence-electron chi connectivity index (χ4n) is 4.02. The maximum Gasteiger partial charge on any atom is 0.253 e. The number of anilines is 1. The molecule has 2 aliphatic heterocycles. The van der Waals surface area contributed by atoms with Crippen LogP contribution >= 0.6 is 0 Å². The molecule has 6 heteroatoms. The van der Waals surface area contributed by atoms with E-state index in [1.54, 1.807) is 0 Å². The minimum Gasteiger partial charge on any atom is -0.369 e. The summed E-state index contributed by atoms with van der Waals surface area (Å²) in [5, 5.41) is 0. The van der Waals surface area contributed by atoms with Crippen molar-refractivity contribution < 1.29 is 9.18 Å². The Balaban J connectivity index is 1.28. The second-order valence-electron chi connectivity index (χ2n) is 8.03. The molecule has 0 saturated carbocycles. The van der Waals surface area contributed by atoms with Crippen LogP contribution in [-0.4, -0.2) is 80.0 Å². The summed E-state index contributed by atoms with van der Waals surface area (Å²) in [4.78, 5) is 21.6. The van der Waals surface area contributed by atoms with Gasteiger partial charge in [-0.1, -0.05) is 12.1 Å². The first-order valence-corrected chi connectivity index (χ1v) is 10.4. The molecule has 29 heavy (non-hydrogen) atoms. The summed E-state index contributed by atoms with van der Waals surface area (Å²) in [5.74, 6) is -0.0560. The Labute approximate surface area is 172 Å². The molecule has 0 unspecified atom stereocenters. The first-order chi connectivity index (χ1) is 14.1. The van der Waals surface area contributed by atoms with Crippen LogP contribution in [0.3, 0.4) is 0 Å². The van der Waals surface area contributed by atoms with E-state index in [0.29, 0.717) is 0 Å². The van der Waals surface area contributed by atoms with E-state index in [1.807, 2.05) is 29.2 Å². The van der Waals surface area contributed by atoms with E-state index in [1.165, 1.54) is 17.7 Å². The summed E-state index contributed by atoms with van der Waals surface area (Å²) in [6.07, 6.45) is 0. The van der Waals surface area contributed by atoms with E-state index in [0.717, 1.165) is 70.2 Å². The van der Waals surface area contributed by atoms with Crippen LogP contribution in [0.5, 0.6) is 0 Å². The first-order valence-electron chi connectivity index (χ1n) is 10.4. The molecule has 0 atom stereocenters. The van der Waals surface area contributed by atoms with Gasteiger partial charge in [-0.05, 0) is 49.0 Å². The van der Waals surface area contributed by atoms with Crippen molar-refractivity contribution in [2.75, 3.05) is 64.3 Å². The lowest BCUT2D eigenvalue weighted by Crippen LogP contribution is -2.47. The summed E-state index contributed by atoms with van der Waals surface area (Å²) in [6, 6.07) is 14.8. The minimum atomic E-state index is -0.193. The lowest BCUT2D eigenvalue weighted by atomic mass is 10.1. The number of carbonyl (C=O) groups excluding carboxylic acids is 1. The Morgan fingerprint density at radius 2 is 1.45 bits per heavy atom. The van der Waals surface area contributed by atoms with Gasteiger partial charge in [-0.15, -0.1) is 0 Å². The third-order valence-electron chi connectivity index (χ3n) is 5.96. The molecular formula is C23H29FN4O. The number of likely N-dealkylation sites (N-methyl/N-ethyl adjacent to an activating group) is 1. The summed E-state index contributed by atoms with van der Waals surface area (Å²) in [6.45, 7) is 8.18. The summed E-state index contributed by atoms with van der Waals surface area (Å²) < 4.78 is 13.1. The van der Waals surface area contributed by atoms with Gasteiger partial charge < -0.3 is 14.7 Å². The number of piperazine rings is 2. The highest BCUT2D eigenvalue weighted by atomic mass is 19.1. The van der Waals surface area contributed by atoms with E-state index < -0.39 is 0 Å². The summed E-state index contributed by atoms with van der Waals surface area (Å²) >= 11 is 0. The molecule has 2 saturated heterocycles. The smallest absolute Gasteiger partial charge is 0.253 e. The number of nitrogens with zero attached hydrogens (tertiary/aromatic N) is 4. The fraction of sp³-hybridized carbons (Fsp3) is 0.435. The topological polar surface area (TPSA) is 30.0 Å². The minimum absolute atomic E-state index is 0.137. The number of amides is 1. The molecular weight excluding hydrogens is 367 g/mol. The van der Waals surface area contributed by atoms with Crippen molar-refractivity contribution in [2.45, 2.75) is 6.54 Å². The average Bonchev–Trinajstić information content (AvgIpc) is 2.76. The van der Waals surface area contributed by atoms with E-state index in [-0.39, 0.29) is 11.7 Å². The Hall–Kier alpha value is -2.44. The average molecular weight is 397 g/mol. The van der Waals surface area contributed by atoms with Crippen LogP contribution in [0, 0.1) is 5.82 Å². The molecule has 0 bridgehead atoms. The second-order valence-corrected chi connectivity index (χ2v) is 8.03. The maximum atomic E-state index is 13.1.